The number of carbonyl (C=O) groups excluding carboxylic acids is 1. The quantitative estimate of drug-likeness (QED) is 0.0494. The number of hydrogen-bond donors (Lipinski definition) is 1. The molecule has 0 aliphatic carbocycles. The first-order chi connectivity index (χ1) is 27.2. The van der Waals surface area contributed by atoms with E-state index in [1.165, 1.54) is 24.1 Å². The molecule has 5 aromatic rings. The lowest BCUT2D eigenvalue weighted by atomic mass is 9.80. The van der Waals surface area contributed by atoms with Gasteiger partial charge < -0.3 is 33.7 Å². The van der Waals surface area contributed by atoms with Crippen LogP contribution in [0.25, 0.3) is 11.2 Å². The van der Waals surface area contributed by atoms with Crippen LogP contribution in [0.2, 0.25) is 0 Å². The third-order valence-corrected chi connectivity index (χ3v) is 9.68. The molecule has 0 bridgehead atoms. The number of amides is 1. The van der Waals surface area contributed by atoms with Crippen LogP contribution >= 0.6 is 0 Å². The van der Waals surface area contributed by atoms with Crippen molar-refractivity contribution in [2.75, 3.05) is 39.5 Å². The van der Waals surface area contributed by atoms with Gasteiger partial charge in [0.05, 0.1) is 39.9 Å². The Labute approximate surface area is 323 Å². The van der Waals surface area contributed by atoms with Crippen molar-refractivity contribution in [3.05, 3.63) is 108 Å². The second kappa shape index (κ2) is 17.1. The Morgan fingerprint density at radius 1 is 0.842 bits per heavy atom. The minimum atomic E-state index is -5.59. The maximum absolute atomic E-state index is 13.3. The molecule has 0 spiro atoms. The monoisotopic (exact) mass is 803 g/mol. The molecule has 2 aromatic heterocycles. The van der Waals surface area contributed by atoms with Crippen molar-refractivity contribution in [3.8, 4) is 11.5 Å². The second-order valence-corrected chi connectivity index (χ2v) is 13.2. The van der Waals surface area contributed by atoms with E-state index in [4.69, 9.17) is 28.4 Å². The minimum Gasteiger partial charge on any atom is -0.497 e. The van der Waals surface area contributed by atoms with Crippen LogP contribution in [0.1, 0.15) is 36.8 Å². The molecular weight excluding hydrogens is 764 g/mol. The van der Waals surface area contributed by atoms with Crippen molar-refractivity contribution >= 4 is 22.9 Å². The van der Waals surface area contributed by atoms with E-state index < -0.39 is 67.5 Å². The highest BCUT2D eigenvalue weighted by Gasteiger charge is 2.57. The van der Waals surface area contributed by atoms with Gasteiger partial charge in [-0.25, -0.2) is 15.0 Å². The van der Waals surface area contributed by atoms with Gasteiger partial charge in [-0.1, -0.05) is 61.5 Å². The minimum absolute atomic E-state index is 0.103. The summed E-state index contributed by atoms with van der Waals surface area (Å²) >= 11 is 0. The molecule has 1 amide bonds. The highest BCUT2D eigenvalue weighted by molar-refractivity contribution is 5.95. The van der Waals surface area contributed by atoms with Crippen LogP contribution in [0, 0.1) is 11.8 Å². The number of anilines is 1. The van der Waals surface area contributed by atoms with Gasteiger partial charge in [-0.2, -0.15) is 26.3 Å². The van der Waals surface area contributed by atoms with Gasteiger partial charge in [-0.3, -0.25) is 9.36 Å². The molecule has 1 aliphatic rings. The van der Waals surface area contributed by atoms with Gasteiger partial charge in [0.2, 0.25) is 5.91 Å². The fraction of sp³-hybridized carbons (Fsp3) is 0.385. The van der Waals surface area contributed by atoms with Gasteiger partial charge in [0.15, 0.2) is 29.1 Å². The summed E-state index contributed by atoms with van der Waals surface area (Å²) in [5, 5.41) is 2.58. The molecule has 1 N–H and O–H groups in total. The zero-order chi connectivity index (χ0) is 41.0. The predicted octanol–water partition coefficient (Wildman–Crippen LogP) is 7.44. The van der Waals surface area contributed by atoms with E-state index in [2.05, 4.69) is 20.3 Å². The van der Waals surface area contributed by atoms with Crippen LogP contribution in [0.15, 0.2) is 91.5 Å². The maximum atomic E-state index is 13.3. The Morgan fingerprint density at radius 3 is 1.96 bits per heavy atom. The Morgan fingerprint density at radius 2 is 1.42 bits per heavy atom. The molecule has 1 fully saturated rings. The van der Waals surface area contributed by atoms with E-state index in [0.29, 0.717) is 11.5 Å². The molecule has 12 nitrogen and oxygen atoms in total. The van der Waals surface area contributed by atoms with Crippen LogP contribution in [0.4, 0.5) is 32.2 Å². The van der Waals surface area contributed by atoms with Gasteiger partial charge in [0, 0.05) is 12.8 Å². The standard InChI is InChI=1S/C39H39F6N5O7/c1-23-30(18-56-37(25-8-6-5-7-9-25,26-10-14-28(52-3)15-11-26)27-12-16-29(53-4)17-13-27)57-36(33(23)55-22-54-19-31(38(40,41)42)39(43,44)45)50-21-48-32-34(49-24(2)51)46-20-47-35(32)50/h5-17,20-21,23,30-31,33,36H,18-19,22H2,1-4H3,(H,46,47,49,51)/t23?,30-,33+,36-/m1/s1. The SMILES string of the molecule is COc1ccc(C(OC[C@H]2O[C@@H](n3cnc4c(NC(C)=O)ncnc43)[C@@H](OCOCC(C(F)(F)F)C(F)(F)F)C2C)(c2ccccc2)c2ccc(OC)cc2)cc1. The van der Waals surface area contributed by atoms with E-state index >= 15 is 0 Å². The van der Waals surface area contributed by atoms with Crippen LogP contribution in [-0.2, 0) is 29.3 Å². The fourth-order valence-electron chi connectivity index (χ4n) is 6.75. The first kappa shape index (κ1) is 41.3. The van der Waals surface area contributed by atoms with Crippen molar-refractivity contribution < 1.29 is 59.6 Å². The third kappa shape index (κ3) is 8.83. The molecule has 57 heavy (non-hydrogen) atoms. The van der Waals surface area contributed by atoms with E-state index in [1.54, 1.807) is 45.4 Å². The largest absolute Gasteiger partial charge is 0.497 e. The number of alkyl halides is 6. The third-order valence-electron chi connectivity index (χ3n) is 9.68. The molecule has 3 heterocycles. The van der Waals surface area contributed by atoms with Crippen LogP contribution in [0.5, 0.6) is 11.5 Å². The fourth-order valence-corrected chi connectivity index (χ4v) is 6.75. The Balaban J connectivity index is 1.36. The van der Waals surface area contributed by atoms with Gasteiger partial charge in [-0.15, -0.1) is 0 Å². The molecule has 4 atom stereocenters. The molecule has 6 rings (SSSR count). The zero-order valence-electron chi connectivity index (χ0n) is 31.1. The number of benzene rings is 3. The van der Waals surface area contributed by atoms with Crippen LogP contribution in [0.3, 0.4) is 0 Å². The van der Waals surface area contributed by atoms with Gasteiger partial charge in [0.25, 0.3) is 0 Å². The normalized spacial score (nSPS) is 18.9. The highest BCUT2D eigenvalue weighted by Crippen LogP contribution is 2.45. The number of imidazole rings is 1. The van der Waals surface area contributed by atoms with E-state index in [9.17, 15) is 31.1 Å². The lowest BCUT2D eigenvalue weighted by Crippen LogP contribution is -2.40. The second-order valence-electron chi connectivity index (χ2n) is 13.2. The van der Waals surface area contributed by atoms with Crippen molar-refractivity contribution in [1.82, 2.24) is 19.5 Å². The summed E-state index contributed by atoms with van der Waals surface area (Å²) in [6.45, 7) is 0.284. The van der Waals surface area contributed by atoms with Crippen molar-refractivity contribution in [1.29, 1.82) is 0 Å². The number of hydrogen-bond acceptors (Lipinski definition) is 10. The molecule has 0 radical (unpaired) electrons. The number of aromatic nitrogens is 4. The van der Waals surface area contributed by atoms with E-state index in [1.807, 2.05) is 54.6 Å². The molecule has 3 aromatic carbocycles. The van der Waals surface area contributed by atoms with E-state index in [-0.39, 0.29) is 23.6 Å². The average Bonchev–Trinajstić information content (AvgIpc) is 3.75. The van der Waals surface area contributed by atoms with Crippen molar-refractivity contribution in [2.24, 2.45) is 11.8 Å². The molecule has 1 unspecified atom stereocenters. The van der Waals surface area contributed by atoms with E-state index in [0.717, 1.165) is 16.7 Å². The number of methoxy groups -OCH3 is 2. The zero-order valence-corrected chi connectivity index (χ0v) is 31.1. The summed E-state index contributed by atoms with van der Waals surface area (Å²) in [5.74, 6) is -3.42. The number of nitrogens with one attached hydrogen (secondary N) is 1. The summed E-state index contributed by atoms with van der Waals surface area (Å²) in [7, 11) is 3.11. The number of carbonyl (C=O) groups is 1. The average molecular weight is 804 g/mol. The van der Waals surface area contributed by atoms with Crippen molar-refractivity contribution in [3.63, 3.8) is 0 Å². The van der Waals surface area contributed by atoms with Crippen molar-refractivity contribution in [2.45, 2.75) is 50.2 Å². The predicted molar refractivity (Wildman–Crippen MR) is 192 cm³/mol. The highest BCUT2D eigenvalue weighted by atomic mass is 19.4. The lowest BCUT2D eigenvalue weighted by Gasteiger charge is -2.37. The number of fused-ring (bicyclic) bond motifs is 1. The lowest BCUT2D eigenvalue weighted by molar-refractivity contribution is -0.299. The van der Waals surface area contributed by atoms with Crippen LogP contribution < -0.4 is 14.8 Å². The first-order valence-corrected chi connectivity index (χ1v) is 17.6. The van der Waals surface area contributed by atoms with Crippen LogP contribution in [-0.4, -0.2) is 84.2 Å². The molecular formula is C39H39F6N5O7. The summed E-state index contributed by atoms with van der Waals surface area (Å²) in [4.78, 5) is 24.6. The number of nitrogens with zero attached hydrogens (tertiary/aromatic N) is 4. The maximum Gasteiger partial charge on any atom is 0.402 e. The molecule has 18 heteroatoms. The Hall–Kier alpha value is -5.30. The Kier molecular flexibility index (Phi) is 12.4. The summed E-state index contributed by atoms with van der Waals surface area (Å²) in [6, 6.07) is 24.2. The topological polar surface area (TPSA) is 128 Å². The summed E-state index contributed by atoms with van der Waals surface area (Å²) < 4.78 is 116. The molecule has 0 saturated carbocycles. The molecule has 1 aliphatic heterocycles. The number of halogens is 6. The Bertz CT molecular complexity index is 2040. The van der Waals surface area contributed by atoms with Gasteiger partial charge >= 0.3 is 12.4 Å². The summed E-state index contributed by atoms with van der Waals surface area (Å²) in [5.41, 5.74) is 1.36. The molecule has 304 valence electrons. The molecule has 1 saturated heterocycles. The smallest absolute Gasteiger partial charge is 0.402 e. The van der Waals surface area contributed by atoms with Gasteiger partial charge in [0.1, 0.15) is 36.3 Å². The number of ether oxygens (including phenoxy) is 6. The number of rotatable bonds is 15. The van der Waals surface area contributed by atoms with Gasteiger partial charge in [-0.05, 0) is 41.0 Å². The first-order valence-electron chi connectivity index (χ1n) is 17.6. The summed E-state index contributed by atoms with van der Waals surface area (Å²) in [6.07, 6.45) is -11.6.